The minimum Gasteiger partial charge on any atom is -0.468 e. The standard InChI is InChI=1S/C12H14O2/c1-12(2,13)7-11-10-6-4-3-5-9(10)8-14-11/h3-6,8,13H,7H2,1-2H3. The topological polar surface area (TPSA) is 33.4 Å². The van der Waals surface area contributed by atoms with E-state index >= 15 is 0 Å². The Labute approximate surface area is 83.2 Å². The molecule has 2 heteroatoms. The van der Waals surface area contributed by atoms with E-state index in [2.05, 4.69) is 0 Å². The molecule has 14 heavy (non-hydrogen) atoms. The molecule has 1 heterocycles. The molecular formula is C12H14O2. The van der Waals surface area contributed by atoms with Crippen LogP contribution in [0.15, 0.2) is 34.9 Å². The van der Waals surface area contributed by atoms with E-state index in [1.807, 2.05) is 24.3 Å². The van der Waals surface area contributed by atoms with Crippen LogP contribution in [0.25, 0.3) is 10.8 Å². The van der Waals surface area contributed by atoms with Crippen molar-refractivity contribution in [1.82, 2.24) is 0 Å². The summed E-state index contributed by atoms with van der Waals surface area (Å²) in [5, 5.41) is 11.9. The van der Waals surface area contributed by atoms with E-state index in [1.54, 1.807) is 20.1 Å². The molecule has 0 saturated heterocycles. The highest BCUT2D eigenvalue weighted by Gasteiger charge is 2.17. The molecule has 0 saturated carbocycles. The molecule has 2 rings (SSSR count). The minimum absolute atomic E-state index is 0.542. The van der Waals surface area contributed by atoms with Gasteiger partial charge in [-0.3, -0.25) is 0 Å². The highest BCUT2D eigenvalue weighted by Crippen LogP contribution is 2.24. The van der Waals surface area contributed by atoms with Crippen molar-refractivity contribution in [2.24, 2.45) is 0 Å². The summed E-state index contributed by atoms with van der Waals surface area (Å²) in [6, 6.07) is 7.98. The molecule has 0 bridgehead atoms. The summed E-state index contributed by atoms with van der Waals surface area (Å²) < 4.78 is 5.43. The van der Waals surface area contributed by atoms with Crippen LogP contribution in [0.4, 0.5) is 0 Å². The molecule has 0 atom stereocenters. The summed E-state index contributed by atoms with van der Waals surface area (Å²) in [7, 11) is 0. The van der Waals surface area contributed by atoms with Gasteiger partial charge in [-0.05, 0) is 13.8 Å². The molecule has 1 N–H and O–H groups in total. The zero-order valence-corrected chi connectivity index (χ0v) is 8.45. The van der Waals surface area contributed by atoms with Crippen LogP contribution in [0.2, 0.25) is 0 Å². The average Bonchev–Trinajstić information content (AvgIpc) is 2.47. The van der Waals surface area contributed by atoms with Crippen LogP contribution in [0.1, 0.15) is 19.6 Å². The van der Waals surface area contributed by atoms with E-state index in [0.717, 1.165) is 16.5 Å². The summed E-state index contributed by atoms with van der Waals surface area (Å²) in [5.41, 5.74) is -0.722. The minimum atomic E-state index is -0.722. The molecule has 2 nitrogen and oxygen atoms in total. The Balaban J connectivity index is 2.44. The summed E-state index contributed by atoms with van der Waals surface area (Å²) >= 11 is 0. The maximum Gasteiger partial charge on any atom is 0.114 e. The van der Waals surface area contributed by atoms with Crippen molar-refractivity contribution in [2.75, 3.05) is 0 Å². The van der Waals surface area contributed by atoms with Crippen LogP contribution in [0.3, 0.4) is 0 Å². The molecular weight excluding hydrogens is 176 g/mol. The van der Waals surface area contributed by atoms with Crippen molar-refractivity contribution in [1.29, 1.82) is 0 Å². The quantitative estimate of drug-likeness (QED) is 0.789. The van der Waals surface area contributed by atoms with Gasteiger partial charge in [0.2, 0.25) is 0 Å². The third-order valence-electron chi connectivity index (χ3n) is 2.18. The molecule has 0 amide bonds. The third kappa shape index (κ3) is 1.80. The van der Waals surface area contributed by atoms with Crippen molar-refractivity contribution < 1.29 is 9.52 Å². The number of hydrogen-bond acceptors (Lipinski definition) is 2. The molecule has 0 aliphatic rings. The summed E-state index contributed by atoms with van der Waals surface area (Å²) in [6.45, 7) is 3.56. The van der Waals surface area contributed by atoms with E-state index in [0.29, 0.717) is 6.42 Å². The molecule has 0 fully saturated rings. The zero-order valence-electron chi connectivity index (χ0n) is 8.45. The Morgan fingerprint density at radius 3 is 2.71 bits per heavy atom. The van der Waals surface area contributed by atoms with Gasteiger partial charge < -0.3 is 9.52 Å². The molecule has 1 aromatic heterocycles. The number of aliphatic hydroxyl groups is 1. The van der Waals surface area contributed by atoms with Crippen LogP contribution in [0, 0.1) is 0 Å². The highest BCUT2D eigenvalue weighted by atomic mass is 16.3. The predicted octanol–water partition coefficient (Wildman–Crippen LogP) is 2.75. The van der Waals surface area contributed by atoms with Gasteiger partial charge >= 0.3 is 0 Å². The Bertz CT molecular complexity index is 435. The molecule has 0 aliphatic heterocycles. The van der Waals surface area contributed by atoms with Gasteiger partial charge in [0.25, 0.3) is 0 Å². The van der Waals surface area contributed by atoms with Crippen molar-refractivity contribution in [2.45, 2.75) is 25.9 Å². The third-order valence-corrected chi connectivity index (χ3v) is 2.18. The van der Waals surface area contributed by atoms with Crippen LogP contribution in [0.5, 0.6) is 0 Å². The molecule has 0 radical (unpaired) electrons. The Morgan fingerprint density at radius 2 is 2.00 bits per heavy atom. The van der Waals surface area contributed by atoms with Crippen LogP contribution in [-0.2, 0) is 6.42 Å². The normalized spacial score (nSPS) is 12.2. The highest BCUT2D eigenvalue weighted by molar-refractivity contribution is 5.83. The Hall–Kier alpha value is -1.28. The maximum atomic E-state index is 9.69. The fourth-order valence-electron chi connectivity index (χ4n) is 1.58. The number of furan rings is 1. The van der Waals surface area contributed by atoms with Gasteiger partial charge in [0.1, 0.15) is 5.76 Å². The Morgan fingerprint density at radius 1 is 1.29 bits per heavy atom. The van der Waals surface area contributed by atoms with Crippen molar-refractivity contribution in [3.63, 3.8) is 0 Å². The lowest BCUT2D eigenvalue weighted by Gasteiger charge is -2.14. The second kappa shape index (κ2) is 3.14. The van der Waals surface area contributed by atoms with E-state index in [1.165, 1.54) is 0 Å². The van der Waals surface area contributed by atoms with Crippen molar-refractivity contribution in [3.05, 3.63) is 36.3 Å². The first-order valence-corrected chi connectivity index (χ1v) is 4.74. The van der Waals surface area contributed by atoms with Gasteiger partial charge in [0.05, 0.1) is 11.9 Å². The van der Waals surface area contributed by atoms with Gasteiger partial charge in [-0.2, -0.15) is 0 Å². The van der Waals surface area contributed by atoms with Crippen LogP contribution < -0.4 is 0 Å². The van der Waals surface area contributed by atoms with Crippen molar-refractivity contribution in [3.8, 4) is 0 Å². The predicted molar refractivity (Wildman–Crippen MR) is 56.2 cm³/mol. The first-order valence-electron chi connectivity index (χ1n) is 4.74. The average molecular weight is 190 g/mol. The summed E-state index contributed by atoms with van der Waals surface area (Å²) in [4.78, 5) is 0. The smallest absolute Gasteiger partial charge is 0.114 e. The number of fused-ring (bicyclic) bond motifs is 1. The van der Waals surface area contributed by atoms with E-state index in [-0.39, 0.29) is 0 Å². The van der Waals surface area contributed by atoms with Gasteiger partial charge in [-0.15, -0.1) is 0 Å². The van der Waals surface area contributed by atoms with E-state index in [9.17, 15) is 5.11 Å². The number of hydrogen-bond donors (Lipinski definition) is 1. The summed E-state index contributed by atoms with van der Waals surface area (Å²) in [5.74, 6) is 0.855. The lowest BCUT2D eigenvalue weighted by molar-refractivity contribution is 0.0757. The lowest BCUT2D eigenvalue weighted by Crippen LogP contribution is -2.21. The molecule has 74 valence electrons. The molecule has 0 spiro atoms. The zero-order chi connectivity index (χ0) is 10.2. The second-order valence-electron chi connectivity index (χ2n) is 4.24. The molecule has 1 aromatic carbocycles. The number of rotatable bonds is 2. The van der Waals surface area contributed by atoms with Gasteiger partial charge in [0, 0.05) is 17.2 Å². The van der Waals surface area contributed by atoms with Gasteiger partial charge in [0.15, 0.2) is 0 Å². The molecule has 2 aromatic rings. The summed E-state index contributed by atoms with van der Waals surface area (Å²) in [6.07, 6.45) is 2.27. The maximum absolute atomic E-state index is 9.69. The molecule has 0 aliphatic carbocycles. The van der Waals surface area contributed by atoms with Crippen LogP contribution >= 0.6 is 0 Å². The second-order valence-corrected chi connectivity index (χ2v) is 4.24. The van der Waals surface area contributed by atoms with Crippen LogP contribution in [-0.4, -0.2) is 10.7 Å². The van der Waals surface area contributed by atoms with E-state index < -0.39 is 5.60 Å². The van der Waals surface area contributed by atoms with E-state index in [4.69, 9.17) is 4.42 Å². The monoisotopic (exact) mass is 190 g/mol. The van der Waals surface area contributed by atoms with Gasteiger partial charge in [-0.1, -0.05) is 24.3 Å². The lowest BCUT2D eigenvalue weighted by atomic mass is 10.0. The SMILES string of the molecule is CC(C)(O)Cc1occ2ccccc12. The molecule has 0 unspecified atom stereocenters. The largest absolute Gasteiger partial charge is 0.468 e. The van der Waals surface area contributed by atoms with Crippen molar-refractivity contribution >= 4 is 10.8 Å². The first kappa shape index (κ1) is 9.28. The first-order chi connectivity index (χ1) is 6.56. The Kier molecular flexibility index (Phi) is 2.08. The fraction of sp³-hybridized carbons (Fsp3) is 0.333. The number of benzene rings is 1. The fourth-order valence-corrected chi connectivity index (χ4v) is 1.58. The van der Waals surface area contributed by atoms with Gasteiger partial charge in [-0.25, -0.2) is 0 Å².